The number of H-pyrrole nitrogens is 2. The average molecular weight is 323 g/mol. The van der Waals surface area contributed by atoms with Gasteiger partial charge in [0, 0.05) is 10.5 Å². The smallest absolute Gasteiger partial charge is 0.288 e. The molecule has 0 aliphatic rings. The van der Waals surface area contributed by atoms with E-state index < -0.39 is 0 Å². The number of aromatic amines is 2. The van der Waals surface area contributed by atoms with Crippen LogP contribution in [0.25, 0.3) is 16.9 Å². The highest BCUT2D eigenvalue weighted by molar-refractivity contribution is 9.10. The van der Waals surface area contributed by atoms with Crippen LogP contribution in [-0.4, -0.2) is 19.6 Å². The Balaban J connectivity index is 2.25. The number of benzene rings is 1. The van der Waals surface area contributed by atoms with E-state index in [9.17, 15) is 4.79 Å². The zero-order valence-corrected chi connectivity index (χ0v) is 11.4. The second kappa shape index (κ2) is 4.18. The SMILES string of the molecule is O=c1[nH]c(=S)nc2cc(-c3ccc(Br)cc3)[nH]n12. The minimum atomic E-state index is -0.326. The van der Waals surface area contributed by atoms with Gasteiger partial charge in [0.1, 0.15) is 0 Å². The van der Waals surface area contributed by atoms with E-state index in [0.717, 1.165) is 15.7 Å². The van der Waals surface area contributed by atoms with Gasteiger partial charge in [0.15, 0.2) is 5.65 Å². The molecule has 1 aromatic carbocycles. The lowest BCUT2D eigenvalue weighted by Crippen LogP contribution is -2.18. The Morgan fingerprint density at radius 1 is 1.28 bits per heavy atom. The van der Waals surface area contributed by atoms with Crippen LogP contribution in [0.15, 0.2) is 39.6 Å². The normalized spacial score (nSPS) is 10.9. The van der Waals surface area contributed by atoms with Gasteiger partial charge in [0.25, 0.3) is 0 Å². The van der Waals surface area contributed by atoms with Crippen molar-refractivity contribution in [2.75, 3.05) is 0 Å². The summed E-state index contributed by atoms with van der Waals surface area (Å²) in [4.78, 5) is 18.2. The van der Waals surface area contributed by atoms with Crippen molar-refractivity contribution in [3.63, 3.8) is 0 Å². The molecular weight excluding hydrogens is 316 g/mol. The first-order valence-corrected chi connectivity index (χ1v) is 6.32. The van der Waals surface area contributed by atoms with E-state index in [1.54, 1.807) is 6.07 Å². The highest BCUT2D eigenvalue weighted by atomic mass is 79.9. The van der Waals surface area contributed by atoms with Gasteiger partial charge in [-0.15, -0.1) is 0 Å². The first-order valence-electron chi connectivity index (χ1n) is 5.11. The van der Waals surface area contributed by atoms with Gasteiger partial charge in [0.2, 0.25) is 4.77 Å². The summed E-state index contributed by atoms with van der Waals surface area (Å²) in [6.07, 6.45) is 0. The number of nitrogens with zero attached hydrogens (tertiary/aromatic N) is 2. The number of hydrogen-bond acceptors (Lipinski definition) is 3. The Morgan fingerprint density at radius 2 is 2.00 bits per heavy atom. The molecule has 0 saturated heterocycles. The van der Waals surface area contributed by atoms with E-state index in [1.165, 1.54) is 4.52 Å². The van der Waals surface area contributed by atoms with Gasteiger partial charge in [-0.25, -0.2) is 9.78 Å². The Hall–Kier alpha value is -1.73. The number of halogens is 1. The van der Waals surface area contributed by atoms with Crippen LogP contribution in [0.3, 0.4) is 0 Å². The van der Waals surface area contributed by atoms with Gasteiger partial charge in [-0.05, 0) is 29.9 Å². The van der Waals surface area contributed by atoms with Crippen molar-refractivity contribution in [1.29, 1.82) is 0 Å². The maximum Gasteiger partial charge on any atom is 0.348 e. The van der Waals surface area contributed by atoms with Crippen LogP contribution in [0, 0.1) is 4.77 Å². The molecule has 0 amide bonds. The molecule has 3 aromatic rings. The Bertz CT molecular complexity index is 831. The zero-order chi connectivity index (χ0) is 12.7. The van der Waals surface area contributed by atoms with E-state index in [-0.39, 0.29) is 10.5 Å². The topological polar surface area (TPSA) is 66.0 Å². The van der Waals surface area contributed by atoms with Gasteiger partial charge < -0.3 is 0 Å². The van der Waals surface area contributed by atoms with Crippen molar-refractivity contribution in [3.05, 3.63) is 50.1 Å². The largest absolute Gasteiger partial charge is 0.348 e. The third-order valence-electron chi connectivity index (χ3n) is 2.52. The number of nitrogens with one attached hydrogen (secondary N) is 2. The third-order valence-corrected chi connectivity index (χ3v) is 3.25. The van der Waals surface area contributed by atoms with Gasteiger partial charge >= 0.3 is 5.69 Å². The molecule has 2 heterocycles. The molecule has 7 heteroatoms. The fraction of sp³-hybridized carbons (Fsp3) is 0. The van der Waals surface area contributed by atoms with Crippen LogP contribution < -0.4 is 5.69 Å². The van der Waals surface area contributed by atoms with Crippen molar-refractivity contribution in [2.24, 2.45) is 0 Å². The van der Waals surface area contributed by atoms with Crippen LogP contribution in [0.4, 0.5) is 0 Å². The van der Waals surface area contributed by atoms with Gasteiger partial charge in [0.05, 0.1) is 5.69 Å². The molecule has 0 spiro atoms. The summed E-state index contributed by atoms with van der Waals surface area (Å²) in [5, 5.41) is 2.98. The van der Waals surface area contributed by atoms with Crippen LogP contribution in [0.2, 0.25) is 0 Å². The first kappa shape index (κ1) is 11.4. The summed E-state index contributed by atoms with van der Waals surface area (Å²) in [6, 6.07) is 9.54. The summed E-state index contributed by atoms with van der Waals surface area (Å²) >= 11 is 8.25. The van der Waals surface area contributed by atoms with Crippen LogP contribution in [0.1, 0.15) is 0 Å². The van der Waals surface area contributed by atoms with Crippen LogP contribution in [-0.2, 0) is 0 Å². The monoisotopic (exact) mass is 322 g/mol. The second-order valence-corrected chi connectivity index (χ2v) is 5.02. The predicted octanol–water partition coefficient (Wildman–Crippen LogP) is 2.51. The summed E-state index contributed by atoms with van der Waals surface area (Å²) in [5.41, 5.74) is 1.95. The van der Waals surface area contributed by atoms with E-state index in [0.29, 0.717) is 5.65 Å². The van der Waals surface area contributed by atoms with Crippen molar-refractivity contribution in [2.45, 2.75) is 0 Å². The lowest BCUT2D eigenvalue weighted by atomic mass is 10.2. The molecule has 0 bridgehead atoms. The molecule has 90 valence electrons. The molecule has 0 aliphatic heterocycles. The van der Waals surface area contributed by atoms with Gasteiger partial charge in [-0.2, -0.15) is 4.52 Å². The van der Waals surface area contributed by atoms with E-state index >= 15 is 0 Å². The second-order valence-electron chi connectivity index (χ2n) is 3.72. The van der Waals surface area contributed by atoms with Crippen LogP contribution in [0.5, 0.6) is 0 Å². The summed E-state index contributed by atoms with van der Waals surface area (Å²) in [7, 11) is 0. The molecule has 0 atom stereocenters. The lowest BCUT2D eigenvalue weighted by molar-refractivity contribution is 0.836. The van der Waals surface area contributed by atoms with E-state index in [1.807, 2.05) is 24.3 Å². The fourth-order valence-electron chi connectivity index (χ4n) is 1.70. The minimum absolute atomic E-state index is 0.182. The maximum atomic E-state index is 11.7. The van der Waals surface area contributed by atoms with Crippen molar-refractivity contribution < 1.29 is 0 Å². The molecule has 18 heavy (non-hydrogen) atoms. The Labute approximate surface area is 115 Å². The first-order chi connectivity index (χ1) is 8.63. The zero-order valence-electron chi connectivity index (χ0n) is 8.98. The number of fused-ring (bicyclic) bond motifs is 1. The molecular formula is C11H7BrN4OS. The van der Waals surface area contributed by atoms with E-state index in [4.69, 9.17) is 12.2 Å². The Morgan fingerprint density at radius 3 is 2.72 bits per heavy atom. The van der Waals surface area contributed by atoms with Gasteiger partial charge in [-0.3, -0.25) is 10.1 Å². The molecule has 0 aliphatic carbocycles. The highest BCUT2D eigenvalue weighted by Gasteiger charge is 2.05. The molecule has 0 saturated carbocycles. The minimum Gasteiger partial charge on any atom is -0.288 e. The summed E-state index contributed by atoms with van der Waals surface area (Å²) in [5.74, 6) is 0. The van der Waals surface area contributed by atoms with Crippen molar-refractivity contribution >= 4 is 33.8 Å². The number of aromatic nitrogens is 4. The maximum absolute atomic E-state index is 11.7. The number of rotatable bonds is 1. The van der Waals surface area contributed by atoms with Crippen LogP contribution >= 0.6 is 28.1 Å². The highest BCUT2D eigenvalue weighted by Crippen LogP contribution is 2.20. The third kappa shape index (κ3) is 1.91. The summed E-state index contributed by atoms with van der Waals surface area (Å²) < 4.78 is 2.51. The fourth-order valence-corrected chi connectivity index (χ4v) is 2.14. The molecule has 3 rings (SSSR count). The molecule has 0 radical (unpaired) electrons. The molecule has 0 fully saturated rings. The average Bonchev–Trinajstić information content (AvgIpc) is 2.74. The molecule has 5 nitrogen and oxygen atoms in total. The van der Waals surface area contributed by atoms with Gasteiger partial charge in [-0.1, -0.05) is 28.1 Å². The Kier molecular flexibility index (Phi) is 2.64. The number of hydrogen-bond donors (Lipinski definition) is 2. The predicted molar refractivity (Wildman–Crippen MR) is 74.1 cm³/mol. The van der Waals surface area contributed by atoms with Crippen molar-refractivity contribution in [3.8, 4) is 11.3 Å². The van der Waals surface area contributed by atoms with E-state index in [2.05, 4.69) is 31.0 Å². The molecule has 0 unspecified atom stereocenters. The molecule has 2 N–H and O–H groups in total. The standard InChI is InChI=1S/C11H7BrN4OS/c12-7-3-1-6(2-4-7)8-5-9-13-10(18)14-11(17)16(9)15-8/h1-5,15H,(H,14,17,18). The molecule has 2 aromatic heterocycles. The summed E-state index contributed by atoms with van der Waals surface area (Å²) in [6.45, 7) is 0. The van der Waals surface area contributed by atoms with Crippen molar-refractivity contribution in [1.82, 2.24) is 19.6 Å². The quantitative estimate of drug-likeness (QED) is 0.676. The lowest BCUT2D eigenvalue weighted by Gasteiger charge is -1.96.